The Labute approximate surface area is 149 Å². The third-order valence-corrected chi connectivity index (χ3v) is 5.15. The second kappa shape index (κ2) is 7.41. The predicted octanol–water partition coefficient (Wildman–Crippen LogP) is 6.13. The van der Waals surface area contributed by atoms with Gasteiger partial charge in [0.15, 0.2) is 0 Å². The summed E-state index contributed by atoms with van der Waals surface area (Å²) in [4.78, 5) is 0. The summed E-state index contributed by atoms with van der Waals surface area (Å²) in [6.07, 6.45) is 0.836. The molecule has 1 atom stereocenters. The molecule has 0 aliphatic rings. The molecule has 0 amide bonds. The molecule has 0 aliphatic heterocycles. The molecule has 1 nitrogen and oxygen atoms in total. The van der Waals surface area contributed by atoms with Crippen molar-refractivity contribution in [2.24, 2.45) is 0 Å². The fourth-order valence-electron chi connectivity index (χ4n) is 2.06. The van der Waals surface area contributed by atoms with Crippen molar-refractivity contribution in [1.82, 2.24) is 5.32 Å². The number of hydrogen-bond acceptors (Lipinski definition) is 1. The van der Waals surface area contributed by atoms with Crippen molar-refractivity contribution in [3.05, 3.63) is 66.0 Å². The quantitative estimate of drug-likeness (QED) is 0.553. The van der Waals surface area contributed by atoms with Crippen molar-refractivity contribution in [2.45, 2.75) is 12.5 Å². The summed E-state index contributed by atoms with van der Waals surface area (Å²) in [6, 6.07) is 12.4. The number of rotatable bonds is 4. The molecule has 0 spiro atoms. The molecule has 0 bridgehead atoms. The van der Waals surface area contributed by atoms with Crippen LogP contribution in [-0.4, -0.2) is 7.05 Å². The van der Waals surface area contributed by atoms with Gasteiger partial charge in [-0.05, 0) is 48.9 Å². The van der Waals surface area contributed by atoms with Gasteiger partial charge < -0.3 is 5.32 Å². The first-order valence-electron chi connectivity index (χ1n) is 6.07. The van der Waals surface area contributed by atoms with E-state index in [4.69, 9.17) is 11.6 Å². The molecule has 5 heteroatoms. The highest BCUT2D eigenvalue weighted by molar-refractivity contribution is 9.11. The van der Waals surface area contributed by atoms with Crippen LogP contribution in [0.3, 0.4) is 0 Å². The number of hydrogen-bond donors (Lipinski definition) is 1. The lowest BCUT2D eigenvalue weighted by molar-refractivity contribution is 0.589. The second-order valence-corrected chi connectivity index (χ2v) is 7.54. The maximum atomic E-state index is 6.31. The number of likely N-dealkylation sites (N-methyl/N-ethyl adjacent to an activating group) is 1. The van der Waals surface area contributed by atoms with Crippen molar-refractivity contribution >= 4 is 59.4 Å². The maximum Gasteiger partial charge on any atom is 0.0449 e. The summed E-state index contributed by atoms with van der Waals surface area (Å²) in [5, 5.41) is 4.14. The minimum absolute atomic E-state index is 0.205. The molecular weight excluding hydrogens is 469 g/mol. The third-order valence-electron chi connectivity index (χ3n) is 3.13. The molecule has 0 heterocycles. The zero-order valence-electron chi connectivity index (χ0n) is 10.8. The van der Waals surface area contributed by atoms with Crippen molar-refractivity contribution in [2.75, 3.05) is 7.05 Å². The van der Waals surface area contributed by atoms with Gasteiger partial charge in [0.2, 0.25) is 0 Å². The van der Waals surface area contributed by atoms with E-state index < -0.39 is 0 Å². The van der Waals surface area contributed by atoms with Crippen LogP contribution < -0.4 is 5.32 Å². The molecule has 1 N–H and O–H groups in total. The van der Waals surface area contributed by atoms with Crippen LogP contribution in [0.1, 0.15) is 17.2 Å². The maximum absolute atomic E-state index is 6.31. The van der Waals surface area contributed by atoms with E-state index in [9.17, 15) is 0 Å². The van der Waals surface area contributed by atoms with E-state index in [1.807, 2.05) is 25.2 Å². The summed E-state index contributed by atoms with van der Waals surface area (Å²) < 4.78 is 3.14. The molecule has 2 rings (SSSR count). The fourth-order valence-corrected chi connectivity index (χ4v) is 4.13. The number of nitrogens with one attached hydrogen (secondary N) is 1. The van der Waals surface area contributed by atoms with Gasteiger partial charge >= 0.3 is 0 Å². The van der Waals surface area contributed by atoms with E-state index >= 15 is 0 Å². The van der Waals surface area contributed by atoms with Crippen molar-refractivity contribution in [3.8, 4) is 0 Å². The van der Waals surface area contributed by atoms with Crippen LogP contribution >= 0.6 is 59.4 Å². The molecule has 0 aromatic heterocycles. The summed E-state index contributed by atoms with van der Waals surface area (Å²) >= 11 is 16.8. The van der Waals surface area contributed by atoms with Crippen LogP contribution in [0.25, 0.3) is 0 Å². The molecule has 20 heavy (non-hydrogen) atoms. The summed E-state index contributed by atoms with van der Waals surface area (Å²) in [7, 11) is 1.96. The Hall–Kier alpha value is 0.130. The van der Waals surface area contributed by atoms with Crippen LogP contribution in [0.5, 0.6) is 0 Å². The first kappa shape index (κ1) is 16.5. The zero-order chi connectivity index (χ0) is 14.7. The van der Waals surface area contributed by atoms with E-state index in [0.29, 0.717) is 0 Å². The Balaban J connectivity index is 2.28. The first-order valence-corrected chi connectivity index (χ1v) is 8.83. The lowest BCUT2D eigenvalue weighted by Gasteiger charge is -2.19. The van der Waals surface area contributed by atoms with Gasteiger partial charge in [0.25, 0.3) is 0 Å². The van der Waals surface area contributed by atoms with Crippen molar-refractivity contribution in [3.63, 3.8) is 0 Å². The van der Waals surface area contributed by atoms with E-state index in [-0.39, 0.29) is 6.04 Å². The highest BCUT2D eigenvalue weighted by Gasteiger charge is 2.15. The molecule has 0 saturated heterocycles. The van der Waals surface area contributed by atoms with Gasteiger partial charge in [-0.15, -0.1) is 0 Å². The van der Waals surface area contributed by atoms with Crippen LogP contribution in [-0.2, 0) is 6.42 Å². The molecule has 0 saturated carbocycles. The van der Waals surface area contributed by atoms with Gasteiger partial charge in [0.1, 0.15) is 0 Å². The van der Waals surface area contributed by atoms with Crippen LogP contribution in [0, 0.1) is 0 Å². The van der Waals surface area contributed by atoms with Crippen LogP contribution in [0.2, 0.25) is 5.02 Å². The van der Waals surface area contributed by atoms with E-state index in [1.165, 1.54) is 5.56 Å². The Morgan fingerprint density at radius 2 is 1.70 bits per heavy atom. The summed E-state index contributed by atoms with van der Waals surface area (Å²) in [5.74, 6) is 0. The van der Waals surface area contributed by atoms with Gasteiger partial charge in [0.05, 0.1) is 0 Å². The molecule has 1 unspecified atom stereocenters. The van der Waals surface area contributed by atoms with Gasteiger partial charge in [-0.1, -0.05) is 71.5 Å². The lowest BCUT2D eigenvalue weighted by Crippen LogP contribution is -2.19. The Kier molecular flexibility index (Phi) is 6.11. The van der Waals surface area contributed by atoms with Crippen molar-refractivity contribution in [1.29, 1.82) is 0 Å². The van der Waals surface area contributed by atoms with Crippen LogP contribution in [0.15, 0.2) is 49.8 Å². The molecular formula is C15H13Br3ClN. The Morgan fingerprint density at radius 1 is 1.05 bits per heavy atom. The highest BCUT2D eigenvalue weighted by Crippen LogP contribution is 2.31. The average molecular weight is 482 g/mol. The zero-order valence-corrected chi connectivity index (χ0v) is 16.3. The molecule has 2 aromatic rings. The summed E-state index contributed by atoms with van der Waals surface area (Å²) in [6.45, 7) is 0. The molecule has 0 aliphatic carbocycles. The standard InChI is InChI=1S/C15H13Br3ClN/c1-20-15(12-5-4-10(16)7-13(12)18)6-9-2-3-11(17)8-14(9)19/h2-5,7-8,15,20H,6H2,1H3. The smallest absolute Gasteiger partial charge is 0.0449 e. The van der Waals surface area contributed by atoms with E-state index in [0.717, 1.165) is 30.4 Å². The largest absolute Gasteiger partial charge is 0.313 e. The molecule has 106 valence electrons. The Morgan fingerprint density at radius 3 is 2.30 bits per heavy atom. The Bertz CT molecular complexity index is 616. The highest BCUT2D eigenvalue weighted by atomic mass is 79.9. The van der Waals surface area contributed by atoms with E-state index in [2.05, 4.69) is 71.3 Å². The lowest BCUT2D eigenvalue weighted by atomic mass is 9.99. The normalized spacial score (nSPS) is 12.4. The molecule has 0 radical (unpaired) electrons. The van der Waals surface area contributed by atoms with Crippen molar-refractivity contribution < 1.29 is 0 Å². The van der Waals surface area contributed by atoms with Gasteiger partial charge in [-0.2, -0.15) is 0 Å². The topological polar surface area (TPSA) is 12.0 Å². The number of benzene rings is 2. The van der Waals surface area contributed by atoms with Gasteiger partial charge in [-0.3, -0.25) is 0 Å². The van der Waals surface area contributed by atoms with Gasteiger partial charge in [0, 0.05) is 24.5 Å². The van der Waals surface area contributed by atoms with Gasteiger partial charge in [-0.25, -0.2) is 0 Å². The second-order valence-electron chi connectivity index (χ2n) is 4.45. The van der Waals surface area contributed by atoms with E-state index in [1.54, 1.807) is 0 Å². The fraction of sp³-hybridized carbons (Fsp3) is 0.200. The third kappa shape index (κ3) is 4.08. The minimum Gasteiger partial charge on any atom is -0.313 e. The average Bonchev–Trinajstić information content (AvgIpc) is 2.39. The monoisotopic (exact) mass is 479 g/mol. The molecule has 2 aromatic carbocycles. The summed E-state index contributed by atoms with van der Waals surface area (Å²) in [5.41, 5.74) is 2.35. The van der Waals surface area contributed by atoms with Crippen LogP contribution in [0.4, 0.5) is 0 Å². The molecule has 0 fully saturated rings. The predicted molar refractivity (Wildman–Crippen MR) is 96.5 cm³/mol. The minimum atomic E-state index is 0.205. The SMILES string of the molecule is CNC(Cc1ccc(Br)cc1Cl)c1ccc(Br)cc1Br. The first-order chi connectivity index (χ1) is 9.51. The number of halogens is 4.